The zero-order chi connectivity index (χ0) is 14.8. The average molecular weight is 334 g/mol. The Labute approximate surface area is 127 Å². The maximum Gasteiger partial charge on any atom is 0.148 e. The topological polar surface area (TPSA) is 59.3 Å². The van der Waals surface area contributed by atoms with Crippen LogP contribution in [-0.2, 0) is 9.84 Å². The third kappa shape index (κ3) is 4.34. The minimum atomic E-state index is -3.03. The number of nitrogens with one attached hydrogen (secondary N) is 1. The van der Waals surface area contributed by atoms with Crippen LogP contribution >= 0.6 is 22.9 Å². The van der Waals surface area contributed by atoms with E-state index in [4.69, 9.17) is 16.0 Å². The van der Waals surface area contributed by atoms with Gasteiger partial charge in [-0.15, -0.1) is 11.3 Å². The second-order valence-corrected chi connectivity index (χ2v) is 8.68. The maximum absolute atomic E-state index is 11.4. The molecule has 20 heavy (non-hydrogen) atoms. The Morgan fingerprint density at radius 3 is 2.65 bits per heavy atom. The van der Waals surface area contributed by atoms with Crippen LogP contribution in [0.25, 0.3) is 0 Å². The maximum atomic E-state index is 11.4. The Hall–Kier alpha value is -0.820. The molecule has 0 aromatic carbocycles. The van der Waals surface area contributed by atoms with Crippen molar-refractivity contribution in [3.8, 4) is 0 Å². The van der Waals surface area contributed by atoms with E-state index in [0.29, 0.717) is 4.34 Å². The number of halogens is 1. The van der Waals surface area contributed by atoms with Crippen molar-refractivity contribution < 1.29 is 12.8 Å². The van der Waals surface area contributed by atoms with E-state index in [-0.39, 0.29) is 17.8 Å². The Balaban J connectivity index is 2.20. The van der Waals surface area contributed by atoms with Gasteiger partial charge in [-0.2, -0.15) is 0 Å². The lowest BCUT2D eigenvalue weighted by Gasteiger charge is -2.20. The van der Waals surface area contributed by atoms with Crippen molar-refractivity contribution in [1.82, 2.24) is 5.32 Å². The molecule has 0 bridgehead atoms. The molecule has 0 aliphatic carbocycles. The number of hydrogen-bond acceptors (Lipinski definition) is 5. The molecule has 2 unspecified atom stereocenters. The van der Waals surface area contributed by atoms with Gasteiger partial charge in [-0.3, -0.25) is 5.32 Å². The number of sulfone groups is 1. The first-order chi connectivity index (χ1) is 9.35. The first-order valence-electron chi connectivity index (χ1n) is 6.07. The highest BCUT2D eigenvalue weighted by Gasteiger charge is 2.22. The molecular formula is C13H16ClNO3S2. The molecule has 2 rings (SSSR count). The van der Waals surface area contributed by atoms with Crippen molar-refractivity contribution in [1.29, 1.82) is 0 Å². The fourth-order valence-corrected chi connectivity index (χ4v) is 4.16. The van der Waals surface area contributed by atoms with E-state index in [1.54, 1.807) is 12.3 Å². The van der Waals surface area contributed by atoms with Crippen LogP contribution in [0.2, 0.25) is 4.34 Å². The van der Waals surface area contributed by atoms with Crippen molar-refractivity contribution in [2.75, 3.05) is 12.0 Å². The van der Waals surface area contributed by atoms with Crippen LogP contribution in [0.3, 0.4) is 0 Å². The van der Waals surface area contributed by atoms with E-state index in [1.165, 1.54) is 17.6 Å². The molecule has 2 heterocycles. The molecular weight excluding hydrogens is 318 g/mol. The van der Waals surface area contributed by atoms with E-state index in [9.17, 15) is 8.42 Å². The minimum absolute atomic E-state index is 0.0727. The Kier molecular flexibility index (Phi) is 4.90. The number of rotatable bonds is 6. The molecule has 0 saturated carbocycles. The predicted octanol–water partition coefficient (Wildman–Crippen LogP) is 3.11. The summed E-state index contributed by atoms with van der Waals surface area (Å²) in [6, 6.07) is 7.01. The van der Waals surface area contributed by atoms with E-state index < -0.39 is 9.84 Å². The van der Waals surface area contributed by atoms with Crippen LogP contribution < -0.4 is 5.32 Å². The second-order valence-electron chi connectivity index (χ2n) is 4.75. The van der Waals surface area contributed by atoms with Gasteiger partial charge in [-0.05, 0) is 31.2 Å². The van der Waals surface area contributed by atoms with Crippen molar-refractivity contribution >= 4 is 32.8 Å². The van der Waals surface area contributed by atoms with Gasteiger partial charge in [0.25, 0.3) is 0 Å². The van der Waals surface area contributed by atoms with Crippen molar-refractivity contribution in [2.45, 2.75) is 19.0 Å². The van der Waals surface area contributed by atoms with Gasteiger partial charge in [-0.1, -0.05) is 11.6 Å². The molecule has 0 fully saturated rings. The highest BCUT2D eigenvalue weighted by atomic mass is 35.5. The summed E-state index contributed by atoms with van der Waals surface area (Å²) in [7, 11) is -3.03. The first-order valence-corrected chi connectivity index (χ1v) is 9.33. The lowest BCUT2D eigenvalue weighted by Crippen LogP contribution is -2.35. The first kappa shape index (κ1) is 15.6. The van der Waals surface area contributed by atoms with Gasteiger partial charge in [-0.25, -0.2) is 8.42 Å². The van der Waals surface area contributed by atoms with Gasteiger partial charge in [0.1, 0.15) is 21.6 Å². The fraction of sp³-hybridized carbons (Fsp3) is 0.385. The lowest BCUT2D eigenvalue weighted by molar-refractivity contribution is 0.427. The van der Waals surface area contributed by atoms with Crippen LogP contribution in [0.1, 0.15) is 23.6 Å². The molecule has 1 N–H and O–H groups in total. The SMILES string of the molecule is CC(CS(C)(=O)=O)NC(c1ccco1)c1ccc(Cl)s1. The molecule has 0 saturated heterocycles. The van der Waals surface area contributed by atoms with Crippen molar-refractivity contribution in [2.24, 2.45) is 0 Å². The lowest BCUT2D eigenvalue weighted by atomic mass is 10.1. The van der Waals surface area contributed by atoms with Gasteiger partial charge in [0.2, 0.25) is 0 Å². The van der Waals surface area contributed by atoms with Gasteiger partial charge in [0.05, 0.1) is 16.4 Å². The smallest absolute Gasteiger partial charge is 0.148 e. The minimum Gasteiger partial charge on any atom is -0.467 e. The van der Waals surface area contributed by atoms with Crippen LogP contribution in [0.4, 0.5) is 0 Å². The third-order valence-corrected chi connectivity index (χ3v) is 5.11. The molecule has 0 amide bonds. The standard InChI is InChI=1S/C13H16ClNO3S2/c1-9(8-20(2,16)17)15-13(10-4-3-7-18-10)11-5-6-12(14)19-11/h3-7,9,13,15H,8H2,1-2H3. The van der Waals surface area contributed by atoms with E-state index in [0.717, 1.165) is 10.6 Å². The van der Waals surface area contributed by atoms with Gasteiger partial charge >= 0.3 is 0 Å². The molecule has 2 aromatic heterocycles. The Morgan fingerprint density at radius 1 is 1.40 bits per heavy atom. The highest BCUT2D eigenvalue weighted by Crippen LogP contribution is 2.31. The summed E-state index contributed by atoms with van der Waals surface area (Å²) in [6.45, 7) is 1.84. The monoisotopic (exact) mass is 333 g/mol. The van der Waals surface area contributed by atoms with Crippen LogP contribution in [-0.4, -0.2) is 26.5 Å². The fourth-order valence-electron chi connectivity index (χ4n) is 2.03. The van der Waals surface area contributed by atoms with E-state index in [1.807, 2.05) is 25.1 Å². The summed E-state index contributed by atoms with van der Waals surface area (Å²) in [5.41, 5.74) is 0. The van der Waals surface area contributed by atoms with E-state index in [2.05, 4.69) is 5.32 Å². The summed E-state index contributed by atoms with van der Waals surface area (Å²) < 4.78 is 28.9. The van der Waals surface area contributed by atoms with Gasteiger partial charge in [0, 0.05) is 17.2 Å². The molecule has 0 radical (unpaired) electrons. The Morgan fingerprint density at radius 2 is 2.15 bits per heavy atom. The number of hydrogen-bond donors (Lipinski definition) is 1. The Bertz CT molecular complexity index is 649. The zero-order valence-corrected chi connectivity index (χ0v) is 13.6. The largest absolute Gasteiger partial charge is 0.467 e. The number of furan rings is 1. The quantitative estimate of drug-likeness (QED) is 0.882. The molecule has 7 heteroatoms. The molecule has 0 spiro atoms. The average Bonchev–Trinajstić information content (AvgIpc) is 2.94. The van der Waals surface area contributed by atoms with Gasteiger partial charge in [0.15, 0.2) is 0 Å². The highest BCUT2D eigenvalue weighted by molar-refractivity contribution is 7.90. The molecule has 0 aliphatic rings. The van der Waals surface area contributed by atoms with Crippen LogP contribution in [0.5, 0.6) is 0 Å². The summed E-state index contributed by atoms with van der Waals surface area (Å²) in [5, 5.41) is 3.28. The summed E-state index contributed by atoms with van der Waals surface area (Å²) >= 11 is 7.42. The molecule has 2 aromatic rings. The predicted molar refractivity (Wildman–Crippen MR) is 82.2 cm³/mol. The van der Waals surface area contributed by atoms with Crippen molar-refractivity contribution in [3.63, 3.8) is 0 Å². The third-order valence-electron chi connectivity index (χ3n) is 2.71. The number of thiophene rings is 1. The molecule has 2 atom stereocenters. The normalized spacial score (nSPS) is 15.2. The van der Waals surface area contributed by atoms with Crippen LogP contribution in [0, 0.1) is 0 Å². The van der Waals surface area contributed by atoms with Crippen LogP contribution in [0.15, 0.2) is 34.9 Å². The summed E-state index contributed by atoms with van der Waals surface area (Å²) in [4.78, 5) is 0.991. The van der Waals surface area contributed by atoms with E-state index >= 15 is 0 Å². The van der Waals surface area contributed by atoms with Gasteiger partial charge < -0.3 is 4.42 Å². The summed E-state index contributed by atoms with van der Waals surface area (Å²) in [5.74, 6) is 0.812. The second kappa shape index (κ2) is 6.30. The molecule has 110 valence electrons. The van der Waals surface area contributed by atoms with Crippen molar-refractivity contribution in [3.05, 3.63) is 45.5 Å². The zero-order valence-electron chi connectivity index (χ0n) is 11.2. The summed E-state index contributed by atoms with van der Waals surface area (Å²) in [6.07, 6.45) is 2.83. The molecule has 0 aliphatic heterocycles. The molecule has 4 nitrogen and oxygen atoms in total.